The molecule has 0 aliphatic rings. The summed E-state index contributed by atoms with van der Waals surface area (Å²) in [6, 6.07) is 7.73. The first kappa shape index (κ1) is 23.6. The van der Waals surface area contributed by atoms with Gasteiger partial charge in [0.15, 0.2) is 5.16 Å². The average Bonchev–Trinajstić information content (AvgIpc) is 3.29. The Morgan fingerprint density at radius 3 is 2.75 bits per heavy atom. The highest BCUT2D eigenvalue weighted by Gasteiger charge is 2.26. The minimum absolute atomic E-state index is 0.0784. The zero-order valence-electron chi connectivity index (χ0n) is 18.1. The molecule has 2 heterocycles. The Bertz CT molecular complexity index is 1180. The molecule has 0 saturated carbocycles. The van der Waals surface area contributed by atoms with E-state index in [1.165, 1.54) is 18.8 Å². The maximum Gasteiger partial charge on any atom is 0.341 e. The fourth-order valence-corrected chi connectivity index (χ4v) is 5.12. The lowest BCUT2D eigenvalue weighted by atomic mass is 10.1. The number of carbonyl (C=O) groups is 3. The number of para-hydroxylation sites is 2. The summed E-state index contributed by atoms with van der Waals surface area (Å²) in [5.41, 5.74) is 2.48. The number of aromatic nitrogens is 2. The average molecular weight is 473 g/mol. The van der Waals surface area contributed by atoms with Gasteiger partial charge in [0.05, 0.1) is 33.8 Å². The Kier molecular flexibility index (Phi) is 7.70. The van der Waals surface area contributed by atoms with Crippen molar-refractivity contribution in [2.24, 2.45) is 0 Å². The minimum atomic E-state index is -0.577. The topological polar surface area (TPSA) is 102 Å². The van der Waals surface area contributed by atoms with Crippen LogP contribution in [0.3, 0.4) is 0 Å². The smallest absolute Gasteiger partial charge is 0.341 e. The predicted octanol–water partition coefficient (Wildman–Crippen LogP) is 3.86. The number of thioether (sulfide) groups is 1. The Hall–Kier alpha value is -3.11. The third kappa shape index (κ3) is 4.86. The largest absolute Gasteiger partial charge is 0.462 e. The van der Waals surface area contributed by atoms with Crippen LogP contribution >= 0.6 is 23.1 Å². The standard InChI is InChI=1S/C22H24N4O4S2/c1-5-11-26-15-10-8-7-9-14(15)24-22(26)31-12-16(27)25-20-17(21(29)30-6-2)13(3)18(32-20)19(28)23-4/h5,7-10H,1,6,11-12H2,2-4H3,(H,23,28)(H,25,27). The van der Waals surface area contributed by atoms with Crippen molar-refractivity contribution in [1.29, 1.82) is 0 Å². The summed E-state index contributed by atoms with van der Waals surface area (Å²) >= 11 is 2.34. The van der Waals surface area contributed by atoms with Gasteiger partial charge in [-0.15, -0.1) is 17.9 Å². The number of nitrogens with zero attached hydrogens (tertiary/aromatic N) is 2. The van der Waals surface area contributed by atoms with Crippen LogP contribution in [0.15, 0.2) is 42.1 Å². The molecule has 10 heteroatoms. The highest BCUT2D eigenvalue weighted by atomic mass is 32.2. The van der Waals surface area contributed by atoms with Crippen molar-refractivity contribution in [3.63, 3.8) is 0 Å². The van der Waals surface area contributed by atoms with Crippen molar-refractivity contribution in [1.82, 2.24) is 14.9 Å². The van der Waals surface area contributed by atoms with Crippen LogP contribution in [0.5, 0.6) is 0 Å². The number of fused-ring (bicyclic) bond motifs is 1. The summed E-state index contributed by atoms with van der Waals surface area (Å²) in [6.07, 6.45) is 1.78. The number of amides is 2. The van der Waals surface area contributed by atoms with Gasteiger partial charge in [0.1, 0.15) is 5.00 Å². The number of carbonyl (C=O) groups excluding carboxylic acids is 3. The van der Waals surface area contributed by atoms with E-state index in [2.05, 4.69) is 22.2 Å². The van der Waals surface area contributed by atoms with Gasteiger partial charge in [-0.2, -0.15) is 0 Å². The molecule has 2 amide bonds. The van der Waals surface area contributed by atoms with Crippen molar-refractivity contribution in [2.75, 3.05) is 24.7 Å². The van der Waals surface area contributed by atoms with Gasteiger partial charge in [-0.1, -0.05) is 30.0 Å². The third-order valence-electron chi connectivity index (χ3n) is 4.58. The molecule has 0 aliphatic heterocycles. The van der Waals surface area contributed by atoms with Gasteiger partial charge in [0.25, 0.3) is 5.91 Å². The first-order valence-corrected chi connectivity index (χ1v) is 11.7. The number of esters is 1. The molecule has 0 atom stereocenters. The number of nitrogens with one attached hydrogen (secondary N) is 2. The van der Waals surface area contributed by atoms with Gasteiger partial charge >= 0.3 is 5.97 Å². The Labute approximate surface area is 194 Å². The predicted molar refractivity (Wildman–Crippen MR) is 128 cm³/mol. The summed E-state index contributed by atoms with van der Waals surface area (Å²) in [5.74, 6) is -1.14. The number of imidazole rings is 1. The van der Waals surface area contributed by atoms with Crippen LogP contribution < -0.4 is 10.6 Å². The van der Waals surface area contributed by atoms with E-state index in [9.17, 15) is 14.4 Å². The van der Waals surface area contributed by atoms with Gasteiger partial charge in [-0.05, 0) is 31.5 Å². The lowest BCUT2D eigenvalue weighted by Crippen LogP contribution is -2.18. The third-order valence-corrected chi connectivity index (χ3v) is 6.76. The van der Waals surface area contributed by atoms with Crippen LogP contribution in [0.2, 0.25) is 0 Å². The van der Waals surface area contributed by atoms with Gasteiger partial charge in [-0.25, -0.2) is 9.78 Å². The fourth-order valence-electron chi connectivity index (χ4n) is 3.14. The van der Waals surface area contributed by atoms with Crippen LogP contribution in [0.25, 0.3) is 11.0 Å². The number of anilines is 1. The van der Waals surface area contributed by atoms with E-state index in [0.717, 1.165) is 22.4 Å². The maximum absolute atomic E-state index is 12.7. The molecule has 0 fully saturated rings. The molecular weight excluding hydrogens is 448 g/mol. The van der Waals surface area contributed by atoms with E-state index in [1.54, 1.807) is 19.9 Å². The summed E-state index contributed by atoms with van der Waals surface area (Å²) in [7, 11) is 1.51. The fraction of sp³-hybridized carbons (Fsp3) is 0.273. The molecule has 0 unspecified atom stereocenters. The van der Waals surface area contributed by atoms with E-state index in [1.807, 2.05) is 28.8 Å². The molecule has 0 spiro atoms. The summed E-state index contributed by atoms with van der Waals surface area (Å²) in [6.45, 7) is 7.91. The van der Waals surface area contributed by atoms with Crippen molar-refractivity contribution in [3.8, 4) is 0 Å². The molecule has 1 aromatic carbocycles. The molecule has 0 bridgehead atoms. The van der Waals surface area contributed by atoms with Crippen LogP contribution in [0.1, 0.15) is 32.5 Å². The van der Waals surface area contributed by atoms with Crippen molar-refractivity contribution in [3.05, 3.63) is 52.9 Å². The van der Waals surface area contributed by atoms with Crippen LogP contribution in [-0.4, -0.2) is 46.7 Å². The molecular formula is C22H24N4O4S2. The van der Waals surface area contributed by atoms with E-state index in [0.29, 0.717) is 27.1 Å². The van der Waals surface area contributed by atoms with Gasteiger partial charge in [0, 0.05) is 13.6 Å². The maximum atomic E-state index is 12.7. The molecule has 0 saturated heterocycles. The highest BCUT2D eigenvalue weighted by molar-refractivity contribution is 7.99. The van der Waals surface area contributed by atoms with Gasteiger partial charge in [0.2, 0.25) is 5.91 Å². The molecule has 0 radical (unpaired) electrons. The molecule has 3 aromatic rings. The normalized spacial score (nSPS) is 10.7. The molecule has 168 valence electrons. The summed E-state index contributed by atoms with van der Waals surface area (Å²) in [4.78, 5) is 42.3. The van der Waals surface area contributed by atoms with Gasteiger partial charge in [-0.3, -0.25) is 9.59 Å². The first-order valence-electron chi connectivity index (χ1n) is 9.92. The molecule has 0 aliphatic carbocycles. The van der Waals surface area contributed by atoms with Crippen LogP contribution in [0, 0.1) is 6.92 Å². The second kappa shape index (κ2) is 10.5. The molecule has 2 N–H and O–H groups in total. The SMILES string of the molecule is C=CCn1c(SCC(=O)Nc2sc(C(=O)NC)c(C)c2C(=O)OCC)nc2ccccc21. The lowest BCUT2D eigenvalue weighted by Gasteiger charge is -2.08. The minimum Gasteiger partial charge on any atom is -0.462 e. The quantitative estimate of drug-likeness (QED) is 0.279. The zero-order valence-corrected chi connectivity index (χ0v) is 19.7. The first-order chi connectivity index (χ1) is 15.4. The molecule has 32 heavy (non-hydrogen) atoms. The second-order valence-electron chi connectivity index (χ2n) is 6.68. The van der Waals surface area contributed by atoms with Crippen molar-refractivity contribution in [2.45, 2.75) is 25.5 Å². The Balaban J connectivity index is 1.81. The number of benzene rings is 1. The van der Waals surface area contributed by atoms with Gasteiger partial charge < -0.3 is 19.9 Å². The Morgan fingerprint density at radius 1 is 1.31 bits per heavy atom. The highest BCUT2D eigenvalue weighted by Crippen LogP contribution is 2.34. The monoisotopic (exact) mass is 472 g/mol. The molecule has 8 nitrogen and oxygen atoms in total. The second-order valence-corrected chi connectivity index (χ2v) is 8.64. The number of ether oxygens (including phenoxy) is 1. The van der Waals surface area contributed by atoms with Crippen LogP contribution in [-0.2, 0) is 16.1 Å². The number of hydrogen-bond acceptors (Lipinski definition) is 7. The summed E-state index contributed by atoms with van der Waals surface area (Å²) < 4.78 is 7.11. The number of rotatable bonds is 9. The van der Waals surface area contributed by atoms with E-state index >= 15 is 0 Å². The van der Waals surface area contributed by atoms with Crippen LogP contribution in [0.4, 0.5) is 5.00 Å². The molecule has 3 rings (SSSR count). The number of allylic oxidation sites excluding steroid dienone is 1. The zero-order chi connectivity index (χ0) is 23.3. The van der Waals surface area contributed by atoms with E-state index < -0.39 is 5.97 Å². The Morgan fingerprint density at radius 2 is 2.06 bits per heavy atom. The molecule has 2 aromatic heterocycles. The van der Waals surface area contributed by atoms with E-state index in [-0.39, 0.29) is 29.7 Å². The van der Waals surface area contributed by atoms with Crippen molar-refractivity contribution >= 4 is 56.9 Å². The van der Waals surface area contributed by atoms with E-state index in [4.69, 9.17) is 4.74 Å². The summed E-state index contributed by atoms with van der Waals surface area (Å²) in [5, 5.41) is 6.30. The number of hydrogen-bond donors (Lipinski definition) is 2. The number of thiophene rings is 1. The van der Waals surface area contributed by atoms with Crippen molar-refractivity contribution < 1.29 is 19.1 Å². The lowest BCUT2D eigenvalue weighted by molar-refractivity contribution is -0.113.